The molecule has 1 aromatic heterocycles. The summed E-state index contributed by atoms with van der Waals surface area (Å²) in [5.41, 5.74) is 7.75. The van der Waals surface area contributed by atoms with E-state index in [0.29, 0.717) is 5.69 Å². The van der Waals surface area contributed by atoms with Gasteiger partial charge in [-0.05, 0) is 80.3 Å². The van der Waals surface area contributed by atoms with Crippen LogP contribution >= 0.6 is 0 Å². The minimum atomic E-state index is -0.0320. The number of carbonyl (C=O) groups is 1. The van der Waals surface area contributed by atoms with E-state index in [1.807, 2.05) is 26.8 Å². The molecule has 1 amide bonds. The fraction of sp³-hybridized carbons (Fsp3) is 0.391. The monoisotopic (exact) mass is 362 g/mol. The van der Waals surface area contributed by atoms with Gasteiger partial charge in [0.25, 0.3) is 0 Å². The maximum Gasteiger partial charge on any atom is 0.226 e. The van der Waals surface area contributed by atoms with Crippen molar-refractivity contribution in [1.29, 1.82) is 0 Å². The minimum Gasteiger partial charge on any atom is -0.356 e. The highest BCUT2D eigenvalue weighted by atomic mass is 16.5. The van der Waals surface area contributed by atoms with Gasteiger partial charge in [0.15, 0.2) is 5.58 Å². The molecule has 0 bridgehead atoms. The topological polar surface area (TPSA) is 55.1 Å². The lowest BCUT2D eigenvalue weighted by Crippen LogP contribution is -2.28. The van der Waals surface area contributed by atoms with E-state index in [2.05, 4.69) is 34.7 Å². The van der Waals surface area contributed by atoms with Gasteiger partial charge in [0.2, 0.25) is 5.91 Å². The third kappa shape index (κ3) is 3.61. The Morgan fingerprint density at radius 3 is 2.74 bits per heavy atom. The average molecular weight is 362 g/mol. The maximum absolute atomic E-state index is 12.6. The van der Waals surface area contributed by atoms with Crippen LogP contribution in [0.25, 0.3) is 11.0 Å². The first-order chi connectivity index (χ1) is 13.0. The second kappa shape index (κ2) is 7.18. The minimum absolute atomic E-state index is 0.0220. The van der Waals surface area contributed by atoms with Gasteiger partial charge >= 0.3 is 0 Å². The average Bonchev–Trinajstić information content (AvgIpc) is 3.03. The van der Waals surface area contributed by atoms with Crippen molar-refractivity contribution < 1.29 is 9.32 Å². The van der Waals surface area contributed by atoms with E-state index in [-0.39, 0.29) is 18.4 Å². The summed E-state index contributed by atoms with van der Waals surface area (Å²) in [5.74, 6) is -0.0320. The molecule has 4 nitrogen and oxygen atoms in total. The number of aromatic nitrogens is 1. The third-order valence-electron chi connectivity index (χ3n) is 5.56. The molecule has 2 aromatic carbocycles. The lowest BCUT2D eigenvalue weighted by atomic mass is 9.89. The van der Waals surface area contributed by atoms with Gasteiger partial charge in [-0.25, -0.2) is 0 Å². The van der Waals surface area contributed by atoms with Gasteiger partial charge < -0.3 is 9.84 Å². The van der Waals surface area contributed by atoms with Crippen LogP contribution in [-0.2, 0) is 24.1 Å². The molecule has 0 saturated heterocycles. The van der Waals surface area contributed by atoms with Crippen LogP contribution in [0.5, 0.6) is 0 Å². The first-order valence-corrected chi connectivity index (χ1v) is 9.78. The van der Waals surface area contributed by atoms with Crippen LogP contribution in [0.2, 0.25) is 0 Å². The summed E-state index contributed by atoms with van der Waals surface area (Å²) < 4.78 is 5.43. The van der Waals surface area contributed by atoms with Crippen LogP contribution in [0.15, 0.2) is 34.9 Å². The highest BCUT2D eigenvalue weighted by Crippen LogP contribution is 2.26. The Hall–Kier alpha value is -2.62. The number of hydrogen-bond acceptors (Lipinski definition) is 3. The van der Waals surface area contributed by atoms with E-state index in [1.54, 1.807) is 0 Å². The molecule has 1 aliphatic rings. The Labute approximate surface area is 159 Å². The number of hydrogen-bond donors (Lipinski definition) is 1. The van der Waals surface area contributed by atoms with Crippen LogP contribution in [-0.4, -0.2) is 11.1 Å². The van der Waals surface area contributed by atoms with Gasteiger partial charge in [0.1, 0.15) is 5.69 Å². The van der Waals surface area contributed by atoms with Gasteiger partial charge in [0, 0.05) is 5.39 Å². The van der Waals surface area contributed by atoms with E-state index in [4.69, 9.17) is 4.52 Å². The molecule has 1 N–H and O–H groups in total. The predicted octanol–water partition coefficient (Wildman–Crippen LogP) is 4.74. The van der Waals surface area contributed by atoms with E-state index >= 15 is 0 Å². The Kier molecular flexibility index (Phi) is 4.73. The van der Waals surface area contributed by atoms with Crippen molar-refractivity contribution in [3.63, 3.8) is 0 Å². The van der Waals surface area contributed by atoms with Crippen molar-refractivity contribution in [2.45, 2.75) is 58.9 Å². The van der Waals surface area contributed by atoms with E-state index in [0.717, 1.165) is 28.5 Å². The number of nitrogens with one attached hydrogen (secondary N) is 1. The lowest BCUT2D eigenvalue weighted by Gasteiger charge is -2.20. The first-order valence-electron chi connectivity index (χ1n) is 9.78. The summed E-state index contributed by atoms with van der Waals surface area (Å²) >= 11 is 0. The molecule has 1 heterocycles. The number of nitrogens with zero attached hydrogens (tertiary/aromatic N) is 1. The zero-order chi connectivity index (χ0) is 19.0. The summed E-state index contributed by atoms with van der Waals surface area (Å²) in [6.45, 7) is 6.10. The van der Waals surface area contributed by atoms with Gasteiger partial charge in [-0.2, -0.15) is 0 Å². The van der Waals surface area contributed by atoms with Gasteiger partial charge in [-0.15, -0.1) is 0 Å². The highest BCUT2D eigenvalue weighted by molar-refractivity contribution is 5.88. The van der Waals surface area contributed by atoms with Gasteiger partial charge in [-0.1, -0.05) is 29.4 Å². The normalized spacial score (nSPS) is 14.8. The van der Waals surface area contributed by atoms with Crippen molar-refractivity contribution in [3.05, 3.63) is 63.8 Å². The summed E-state index contributed by atoms with van der Waals surface area (Å²) in [7, 11) is 0. The van der Waals surface area contributed by atoms with Crippen molar-refractivity contribution in [1.82, 2.24) is 10.5 Å². The second-order valence-corrected chi connectivity index (χ2v) is 7.79. The molecular formula is C23H26N2O2. The fourth-order valence-electron chi connectivity index (χ4n) is 4.19. The quantitative estimate of drug-likeness (QED) is 0.729. The van der Waals surface area contributed by atoms with Gasteiger partial charge in [-0.3, -0.25) is 4.79 Å². The zero-order valence-electron chi connectivity index (χ0n) is 16.3. The Morgan fingerprint density at radius 2 is 1.93 bits per heavy atom. The molecule has 3 aromatic rings. The Bertz CT molecular complexity index is 1000. The number of benzene rings is 2. The molecule has 0 spiro atoms. The van der Waals surface area contributed by atoms with Crippen molar-refractivity contribution in [3.8, 4) is 0 Å². The molecule has 4 heteroatoms. The van der Waals surface area contributed by atoms with E-state index in [9.17, 15) is 4.79 Å². The molecular weight excluding hydrogens is 336 g/mol. The molecule has 1 aliphatic carbocycles. The SMILES string of the molecule is Cc1cc(C)c2c(CC(=O)NC(C)c3ccc4c(c3)CCCC4)noc2c1. The van der Waals surface area contributed by atoms with Crippen LogP contribution in [0.3, 0.4) is 0 Å². The number of rotatable bonds is 4. The summed E-state index contributed by atoms with van der Waals surface area (Å²) in [4.78, 5) is 12.6. The van der Waals surface area contributed by atoms with Crippen LogP contribution in [0.1, 0.15) is 59.3 Å². The summed E-state index contributed by atoms with van der Waals surface area (Å²) in [6, 6.07) is 10.7. The van der Waals surface area contributed by atoms with Crippen LogP contribution in [0.4, 0.5) is 0 Å². The molecule has 0 saturated carbocycles. The Balaban J connectivity index is 1.48. The fourth-order valence-corrected chi connectivity index (χ4v) is 4.19. The summed E-state index contributed by atoms with van der Waals surface area (Å²) in [5, 5.41) is 8.21. The van der Waals surface area contributed by atoms with Crippen molar-refractivity contribution in [2.75, 3.05) is 0 Å². The Morgan fingerprint density at radius 1 is 1.15 bits per heavy atom. The third-order valence-corrected chi connectivity index (χ3v) is 5.56. The van der Waals surface area contributed by atoms with E-state index < -0.39 is 0 Å². The van der Waals surface area contributed by atoms with Crippen LogP contribution < -0.4 is 5.32 Å². The molecule has 27 heavy (non-hydrogen) atoms. The molecule has 0 radical (unpaired) electrons. The largest absolute Gasteiger partial charge is 0.356 e. The number of amides is 1. The highest BCUT2D eigenvalue weighted by Gasteiger charge is 2.18. The zero-order valence-corrected chi connectivity index (χ0v) is 16.3. The smallest absolute Gasteiger partial charge is 0.226 e. The number of aryl methyl sites for hydroxylation is 4. The lowest BCUT2D eigenvalue weighted by molar-refractivity contribution is -0.121. The number of carbonyl (C=O) groups excluding carboxylic acids is 1. The number of fused-ring (bicyclic) bond motifs is 2. The predicted molar refractivity (Wildman–Crippen MR) is 107 cm³/mol. The van der Waals surface area contributed by atoms with Crippen molar-refractivity contribution >= 4 is 16.9 Å². The van der Waals surface area contributed by atoms with Gasteiger partial charge in [0.05, 0.1) is 12.5 Å². The molecule has 140 valence electrons. The molecule has 0 aliphatic heterocycles. The second-order valence-electron chi connectivity index (χ2n) is 7.79. The van der Waals surface area contributed by atoms with Crippen LogP contribution in [0, 0.1) is 13.8 Å². The summed E-state index contributed by atoms with van der Waals surface area (Å²) in [6.07, 6.45) is 5.09. The molecule has 0 fully saturated rings. The molecule has 1 atom stereocenters. The maximum atomic E-state index is 12.6. The standard InChI is InChI=1S/C23H26N2O2/c1-14-10-15(2)23-20(25-27-21(23)11-14)13-22(26)24-16(3)18-9-8-17-6-4-5-7-19(17)12-18/h8-12,16H,4-7,13H2,1-3H3,(H,24,26). The first kappa shape index (κ1) is 17.8. The molecule has 1 unspecified atom stereocenters. The molecule has 4 rings (SSSR count). The van der Waals surface area contributed by atoms with Crippen molar-refractivity contribution in [2.24, 2.45) is 0 Å². The van der Waals surface area contributed by atoms with E-state index in [1.165, 1.54) is 36.0 Å².